The third kappa shape index (κ3) is 3.45. The van der Waals surface area contributed by atoms with Crippen molar-refractivity contribution < 1.29 is 38.7 Å². The maximum absolute atomic E-state index is 12.4. The van der Waals surface area contributed by atoms with E-state index in [1.165, 1.54) is 14.2 Å². The molecule has 2 aromatic carbocycles. The summed E-state index contributed by atoms with van der Waals surface area (Å²) < 4.78 is 26.3. The maximum atomic E-state index is 12.4. The summed E-state index contributed by atoms with van der Waals surface area (Å²) in [6, 6.07) is 10.0. The lowest BCUT2D eigenvalue weighted by Gasteiger charge is -2.25. The number of carbonyl (C=O) groups excluding carboxylic acids is 1. The van der Waals surface area contributed by atoms with Crippen molar-refractivity contribution in [3.63, 3.8) is 0 Å². The van der Waals surface area contributed by atoms with Gasteiger partial charge in [-0.3, -0.25) is 4.79 Å². The Balaban J connectivity index is 1.61. The summed E-state index contributed by atoms with van der Waals surface area (Å²) in [7, 11) is 3.03. The van der Waals surface area contributed by atoms with Crippen LogP contribution in [0.5, 0.6) is 23.0 Å². The molecule has 4 atom stereocenters. The van der Waals surface area contributed by atoms with Crippen molar-refractivity contribution in [1.82, 2.24) is 0 Å². The number of fused-ring (bicyclic) bond motifs is 1. The molecule has 4 rings (SSSR count). The SMILES string of the molecule is COc1ccc(C(O)[C@@H]2COC(=O)[C@H]2[C@@H](O)c2ccc3c(c2)OCO3)cc1OC. The molecular weight excluding hydrogens is 380 g/mol. The molecule has 2 aromatic rings. The molecule has 0 bridgehead atoms. The lowest BCUT2D eigenvalue weighted by atomic mass is 9.81. The van der Waals surface area contributed by atoms with Gasteiger partial charge in [0.2, 0.25) is 6.79 Å². The van der Waals surface area contributed by atoms with Crippen LogP contribution in [0, 0.1) is 11.8 Å². The van der Waals surface area contributed by atoms with Crippen molar-refractivity contribution in [1.29, 1.82) is 0 Å². The number of carbonyl (C=O) groups is 1. The normalized spacial score (nSPS) is 22.1. The van der Waals surface area contributed by atoms with Crippen molar-refractivity contribution in [2.75, 3.05) is 27.6 Å². The third-order valence-electron chi connectivity index (χ3n) is 5.38. The number of hydrogen-bond donors (Lipinski definition) is 2. The summed E-state index contributed by atoms with van der Waals surface area (Å²) in [6.45, 7) is 0.113. The highest BCUT2D eigenvalue weighted by molar-refractivity contribution is 5.76. The molecule has 0 radical (unpaired) electrons. The van der Waals surface area contributed by atoms with Gasteiger partial charge in [0.1, 0.15) is 0 Å². The van der Waals surface area contributed by atoms with Gasteiger partial charge in [-0.25, -0.2) is 0 Å². The van der Waals surface area contributed by atoms with Gasteiger partial charge in [0.15, 0.2) is 23.0 Å². The molecule has 8 nitrogen and oxygen atoms in total. The molecule has 0 amide bonds. The molecule has 0 aliphatic carbocycles. The van der Waals surface area contributed by atoms with E-state index < -0.39 is 30.0 Å². The number of rotatable bonds is 6. The van der Waals surface area contributed by atoms with E-state index >= 15 is 0 Å². The van der Waals surface area contributed by atoms with E-state index in [2.05, 4.69) is 0 Å². The van der Waals surface area contributed by atoms with Crippen LogP contribution in [0.3, 0.4) is 0 Å². The summed E-state index contributed by atoms with van der Waals surface area (Å²) in [4.78, 5) is 12.4. The van der Waals surface area contributed by atoms with Gasteiger partial charge in [-0.05, 0) is 35.4 Å². The highest BCUT2D eigenvalue weighted by Gasteiger charge is 2.46. The molecular formula is C21H22O8. The molecule has 1 saturated heterocycles. The number of cyclic esters (lactones) is 1. The first-order chi connectivity index (χ1) is 14.0. The molecule has 2 N–H and O–H groups in total. The van der Waals surface area contributed by atoms with Crippen molar-refractivity contribution in [3.05, 3.63) is 47.5 Å². The van der Waals surface area contributed by atoms with Gasteiger partial charge in [-0.2, -0.15) is 0 Å². The number of aliphatic hydroxyl groups is 2. The highest BCUT2D eigenvalue weighted by Crippen LogP contribution is 2.44. The van der Waals surface area contributed by atoms with Gasteiger partial charge in [-0.1, -0.05) is 12.1 Å². The fraction of sp³-hybridized carbons (Fsp3) is 0.381. The first-order valence-electron chi connectivity index (χ1n) is 9.17. The monoisotopic (exact) mass is 402 g/mol. The first-order valence-corrected chi connectivity index (χ1v) is 9.17. The maximum Gasteiger partial charge on any atom is 0.312 e. The summed E-state index contributed by atoms with van der Waals surface area (Å²) in [6.07, 6.45) is -2.21. The minimum Gasteiger partial charge on any atom is -0.493 e. The zero-order chi connectivity index (χ0) is 20.5. The number of esters is 1. The minimum atomic E-state index is -1.17. The third-order valence-corrected chi connectivity index (χ3v) is 5.38. The minimum absolute atomic E-state index is 0.000618. The van der Waals surface area contributed by atoms with Crippen LogP contribution in [0.2, 0.25) is 0 Å². The molecule has 0 spiro atoms. The van der Waals surface area contributed by atoms with Crippen LogP contribution in [0.15, 0.2) is 36.4 Å². The Morgan fingerprint density at radius 1 is 0.897 bits per heavy atom. The Bertz CT molecular complexity index is 912. The molecule has 2 heterocycles. The Hall–Kier alpha value is -2.97. The molecule has 2 aliphatic heterocycles. The van der Waals surface area contributed by atoms with Crippen LogP contribution in [0.25, 0.3) is 0 Å². The number of aliphatic hydroxyl groups excluding tert-OH is 2. The topological polar surface area (TPSA) is 104 Å². The van der Waals surface area contributed by atoms with E-state index in [-0.39, 0.29) is 13.4 Å². The fourth-order valence-electron chi connectivity index (χ4n) is 3.79. The van der Waals surface area contributed by atoms with Crippen molar-refractivity contribution in [2.24, 2.45) is 11.8 Å². The Morgan fingerprint density at radius 2 is 1.59 bits per heavy atom. The molecule has 154 valence electrons. The lowest BCUT2D eigenvalue weighted by Crippen LogP contribution is -2.28. The number of ether oxygens (including phenoxy) is 5. The molecule has 2 aliphatic rings. The summed E-state index contributed by atoms with van der Waals surface area (Å²) in [5.74, 6) is -0.0535. The van der Waals surface area contributed by atoms with Crippen molar-refractivity contribution in [2.45, 2.75) is 12.2 Å². The van der Waals surface area contributed by atoms with Gasteiger partial charge in [0, 0.05) is 5.92 Å². The van der Waals surface area contributed by atoms with E-state index in [0.717, 1.165) is 0 Å². The highest BCUT2D eigenvalue weighted by atomic mass is 16.7. The van der Waals surface area contributed by atoms with Gasteiger partial charge < -0.3 is 33.9 Å². The molecule has 29 heavy (non-hydrogen) atoms. The van der Waals surface area contributed by atoms with Gasteiger partial charge in [0.25, 0.3) is 0 Å². The van der Waals surface area contributed by atoms with E-state index in [1.807, 2.05) is 0 Å². The largest absolute Gasteiger partial charge is 0.493 e. The quantitative estimate of drug-likeness (QED) is 0.707. The van der Waals surface area contributed by atoms with E-state index in [0.29, 0.717) is 34.1 Å². The van der Waals surface area contributed by atoms with Gasteiger partial charge in [0.05, 0.1) is 39.0 Å². The Kier molecular flexibility index (Phi) is 5.21. The lowest BCUT2D eigenvalue weighted by molar-refractivity contribution is -0.144. The second kappa shape index (κ2) is 7.81. The smallest absolute Gasteiger partial charge is 0.312 e. The molecule has 1 unspecified atom stereocenters. The Labute approximate surface area is 167 Å². The number of hydrogen-bond acceptors (Lipinski definition) is 8. The second-order valence-corrected chi connectivity index (χ2v) is 6.94. The van der Waals surface area contributed by atoms with E-state index in [4.69, 9.17) is 23.7 Å². The van der Waals surface area contributed by atoms with Crippen LogP contribution in [-0.2, 0) is 9.53 Å². The summed E-state index contributed by atoms with van der Waals surface area (Å²) in [5, 5.41) is 21.9. The van der Waals surface area contributed by atoms with Gasteiger partial charge in [-0.15, -0.1) is 0 Å². The predicted molar refractivity (Wildman–Crippen MR) is 100.0 cm³/mol. The zero-order valence-corrected chi connectivity index (χ0v) is 16.0. The van der Waals surface area contributed by atoms with Crippen LogP contribution < -0.4 is 18.9 Å². The fourth-order valence-corrected chi connectivity index (χ4v) is 3.79. The summed E-state index contributed by atoms with van der Waals surface area (Å²) >= 11 is 0. The number of benzene rings is 2. The van der Waals surface area contributed by atoms with Crippen LogP contribution in [-0.4, -0.2) is 43.8 Å². The van der Waals surface area contributed by atoms with Gasteiger partial charge >= 0.3 is 5.97 Å². The van der Waals surface area contributed by atoms with E-state index in [9.17, 15) is 15.0 Å². The van der Waals surface area contributed by atoms with Crippen LogP contribution in [0.4, 0.5) is 0 Å². The standard InChI is InChI=1S/C21H22O8/c1-25-14-5-3-11(7-16(14)26-2)19(22)13-9-27-21(24)18(13)20(23)12-4-6-15-17(8-12)29-10-28-15/h3-8,13,18-20,22-23H,9-10H2,1-2H3/t13-,18-,19?,20+/m1/s1. The molecule has 0 aromatic heterocycles. The van der Waals surface area contributed by atoms with Crippen molar-refractivity contribution >= 4 is 5.97 Å². The predicted octanol–water partition coefficient (Wildman–Crippen LogP) is 1.99. The summed E-state index contributed by atoms with van der Waals surface area (Å²) in [5.41, 5.74) is 1.02. The number of methoxy groups -OCH3 is 2. The molecule has 8 heteroatoms. The first kappa shape index (κ1) is 19.4. The van der Waals surface area contributed by atoms with Crippen LogP contribution in [0.1, 0.15) is 23.3 Å². The molecule has 0 saturated carbocycles. The second-order valence-electron chi connectivity index (χ2n) is 6.94. The van der Waals surface area contributed by atoms with E-state index in [1.54, 1.807) is 36.4 Å². The van der Waals surface area contributed by atoms with Crippen molar-refractivity contribution in [3.8, 4) is 23.0 Å². The molecule has 1 fully saturated rings. The average molecular weight is 402 g/mol. The zero-order valence-electron chi connectivity index (χ0n) is 16.0. The van der Waals surface area contributed by atoms with Crippen LogP contribution >= 0.6 is 0 Å². The average Bonchev–Trinajstić information content (AvgIpc) is 3.37. The Morgan fingerprint density at radius 3 is 2.34 bits per heavy atom.